The van der Waals surface area contributed by atoms with E-state index in [4.69, 9.17) is 0 Å². The zero-order chi connectivity index (χ0) is 21.5. The first-order chi connectivity index (χ1) is 13.7. The van der Waals surface area contributed by atoms with Crippen molar-refractivity contribution >= 4 is 28.8 Å². The van der Waals surface area contributed by atoms with Gasteiger partial charge in [0, 0.05) is 22.7 Å². The summed E-state index contributed by atoms with van der Waals surface area (Å²) < 4.78 is 113. The van der Waals surface area contributed by atoms with Crippen LogP contribution in [0.1, 0.15) is 0 Å². The minimum Gasteiger partial charge on any atom is -0.300 e. The molecule has 3 rings (SSSR count). The molecule has 0 radical (unpaired) electrons. The quantitative estimate of drug-likeness (QED) is 0.247. The molecule has 29 heavy (non-hydrogen) atoms. The molecule has 1 nitrogen and oxygen atoms in total. The lowest BCUT2D eigenvalue weighted by molar-refractivity contribution is 0.447. The van der Waals surface area contributed by atoms with Gasteiger partial charge in [-0.25, -0.2) is 35.1 Å². The van der Waals surface area contributed by atoms with Gasteiger partial charge in [0.1, 0.15) is 11.4 Å². The summed E-state index contributed by atoms with van der Waals surface area (Å²) in [6.45, 7) is 0. The topological polar surface area (TPSA) is 3.24 Å². The van der Waals surface area contributed by atoms with E-state index in [1.54, 1.807) is 6.26 Å². The van der Waals surface area contributed by atoms with Gasteiger partial charge in [-0.15, -0.1) is 11.8 Å². The summed E-state index contributed by atoms with van der Waals surface area (Å²) >= 11 is 1.25. The first-order valence-electron chi connectivity index (χ1n) is 7.77. The van der Waals surface area contributed by atoms with Gasteiger partial charge in [-0.2, -0.15) is 0 Å². The van der Waals surface area contributed by atoms with E-state index in [0.29, 0.717) is 4.90 Å². The molecule has 0 bridgehead atoms. The highest BCUT2D eigenvalue weighted by Gasteiger charge is 2.32. The third-order valence-corrected chi connectivity index (χ3v) is 4.70. The molecule has 0 saturated carbocycles. The van der Waals surface area contributed by atoms with E-state index in [1.807, 2.05) is 0 Å². The maximum absolute atomic E-state index is 14.4. The molecule has 3 aromatic rings. The van der Waals surface area contributed by atoms with Crippen LogP contribution in [0.5, 0.6) is 0 Å². The maximum Gasteiger partial charge on any atom is 0.186 e. The number of hydrogen-bond acceptors (Lipinski definition) is 2. The molecule has 3 aromatic carbocycles. The van der Waals surface area contributed by atoms with Gasteiger partial charge in [0.25, 0.3) is 0 Å². The van der Waals surface area contributed by atoms with Crippen LogP contribution in [0.15, 0.2) is 41.3 Å². The number of hydrogen-bond donors (Lipinski definition) is 0. The molecular formula is C19H9F8NS. The standard InChI is InChI=1S/C19H9F8NS/c1-29-9-4-2-8(3-5-9)28(18-14(24)10(20)6-11(21)15(18)25)19-16(26)12(22)7-13(23)17(19)27/h2-7H,1H3. The highest BCUT2D eigenvalue weighted by atomic mass is 32.2. The number of thioether (sulfide) groups is 1. The lowest BCUT2D eigenvalue weighted by Gasteiger charge is -2.27. The minimum absolute atomic E-state index is 0.0394. The Morgan fingerprint density at radius 2 is 0.931 bits per heavy atom. The van der Waals surface area contributed by atoms with Crippen LogP contribution in [-0.2, 0) is 0 Å². The molecule has 152 valence electrons. The molecule has 0 aliphatic heterocycles. The number of nitrogens with zero attached hydrogens (tertiary/aromatic N) is 1. The van der Waals surface area contributed by atoms with Crippen LogP contribution in [0.25, 0.3) is 0 Å². The second-order valence-electron chi connectivity index (χ2n) is 5.67. The van der Waals surface area contributed by atoms with Crippen LogP contribution in [0.2, 0.25) is 0 Å². The largest absolute Gasteiger partial charge is 0.300 e. The SMILES string of the molecule is CSc1ccc(N(c2c(F)c(F)cc(F)c2F)c2c(F)c(F)cc(F)c2F)cc1. The van der Waals surface area contributed by atoms with Crippen molar-refractivity contribution in [2.75, 3.05) is 11.2 Å². The Hall–Kier alpha value is -2.75. The Bertz CT molecular complexity index is 969. The first-order valence-corrected chi connectivity index (χ1v) is 9.00. The molecule has 0 aromatic heterocycles. The fraction of sp³-hybridized carbons (Fsp3) is 0.0526. The highest BCUT2D eigenvalue weighted by molar-refractivity contribution is 7.98. The van der Waals surface area contributed by atoms with Crippen molar-refractivity contribution in [3.63, 3.8) is 0 Å². The average Bonchev–Trinajstić information content (AvgIpc) is 2.70. The summed E-state index contributed by atoms with van der Waals surface area (Å²) in [5, 5.41) is 0. The number of benzene rings is 3. The zero-order valence-electron chi connectivity index (χ0n) is 14.3. The monoisotopic (exact) mass is 435 g/mol. The molecule has 0 fully saturated rings. The van der Waals surface area contributed by atoms with E-state index in [-0.39, 0.29) is 17.0 Å². The third kappa shape index (κ3) is 3.64. The van der Waals surface area contributed by atoms with E-state index in [2.05, 4.69) is 0 Å². The Morgan fingerprint density at radius 1 is 0.586 bits per heavy atom. The number of anilines is 3. The molecule has 0 aliphatic carbocycles. The molecular weight excluding hydrogens is 426 g/mol. The summed E-state index contributed by atoms with van der Waals surface area (Å²) in [6.07, 6.45) is 1.69. The Morgan fingerprint density at radius 3 is 1.24 bits per heavy atom. The van der Waals surface area contributed by atoms with Crippen LogP contribution in [0.3, 0.4) is 0 Å². The molecule has 0 amide bonds. The highest BCUT2D eigenvalue weighted by Crippen LogP contribution is 2.43. The molecule has 0 atom stereocenters. The Labute approximate surface area is 163 Å². The molecule has 0 heterocycles. The van der Waals surface area contributed by atoms with Crippen LogP contribution < -0.4 is 4.90 Å². The number of rotatable bonds is 4. The van der Waals surface area contributed by atoms with Crippen molar-refractivity contribution < 1.29 is 35.1 Å². The van der Waals surface area contributed by atoms with Crippen molar-refractivity contribution in [2.45, 2.75) is 4.90 Å². The van der Waals surface area contributed by atoms with Gasteiger partial charge in [-0.3, -0.25) is 4.90 Å². The van der Waals surface area contributed by atoms with E-state index in [1.165, 1.54) is 23.9 Å². The summed E-state index contributed by atoms with van der Waals surface area (Å²) in [4.78, 5) is 0.657. The van der Waals surface area contributed by atoms with Crippen LogP contribution in [0.4, 0.5) is 52.2 Å². The lowest BCUT2D eigenvalue weighted by Crippen LogP contribution is -2.19. The van der Waals surface area contributed by atoms with Gasteiger partial charge in [0.05, 0.1) is 0 Å². The van der Waals surface area contributed by atoms with Crippen molar-refractivity contribution in [3.8, 4) is 0 Å². The van der Waals surface area contributed by atoms with Gasteiger partial charge in [0.15, 0.2) is 46.5 Å². The predicted molar refractivity (Wildman–Crippen MR) is 92.6 cm³/mol. The second-order valence-corrected chi connectivity index (χ2v) is 6.55. The smallest absolute Gasteiger partial charge is 0.186 e. The van der Waals surface area contributed by atoms with Crippen molar-refractivity contribution in [3.05, 3.63) is 82.9 Å². The van der Waals surface area contributed by atoms with Gasteiger partial charge in [0.2, 0.25) is 0 Å². The van der Waals surface area contributed by atoms with Crippen LogP contribution in [-0.4, -0.2) is 6.26 Å². The molecule has 0 spiro atoms. The van der Waals surface area contributed by atoms with Gasteiger partial charge >= 0.3 is 0 Å². The van der Waals surface area contributed by atoms with Crippen molar-refractivity contribution in [1.82, 2.24) is 0 Å². The molecule has 0 unspecified atom stereocenters. The predicted octanol–water partition coefficient (Wildman–Crippen LogP) is 6.99. The average molecular weight is 435 g/mol. The normalized spacial score (nSPS) is 11.1. The fourth-order valence-corrected chi connectivity index (χ4v) is 3.02. The van der Waals surface area contributed by atoms with E-state index in [0.717, 1.165) is 12.1 Å². The fourth-order valence-electron chi connectivity index (χ4n) is 2.62. The zero-order valence-corrected chi connectivity index (χ0v) is 15.2. The summed E-state index contributed by atoms with van der Waals surface area (Å²) in [5.74, 6) is -15.5. The second kappa shape index (κ2) is 7.94. The Balaban J connectivity index is 2.43. The van der Waals surface area contributed by atoms with Crippen molar-refractivity contribution in [2.24, 2.45) is 0 Å². The molecule has 0 saturated heterocycles. The van der Waals surface area contributed by atoms with Gasteiger partial charge < -0.3 is 0 Å². The van der Waals surface area contributed by atoms with E-state index in [9.17, 15) is 35.1 Å². The third-order valence-electron chi connectivity index (χ3n) is 3.96. The molecule has 0 N–H and O–H groups in total. The van der Waals surface area contributed by atoms with Gasteiger partial charge in [-0.1, -0.05) is 0 Å². The molecule has 0 aliphatic rings. The number of halogens is 8. The summed E-state index contributed by atoms with van der Waals surface area (Å²) in [6, 6.07) is 4.72. The van der Waals surface area contributed by atoms with Crippen LogP contribution >= 0.6 is 11.8 Å². The summed E-state index contributed by atoms with van der Waals surface area (Å²) in [7, 11) is 0. The van der Waals surface area contributed by atoms with E-state index < -0.39 is 63.6 Å². The summed E-state index contributed by atoms with van der Waals surface area (Å²) in [5.41, 5.74) is -3.57. The van der Waals surface area contributed by atoms with Crippen molar-refractivity contribution in [1.29, 1.82) is 0 Å². The van der Waals surface area contributed by atoms with Gasteiger partial charge in [-0.05, 0) is 30.5 Å². The minimum atomic E-state index is -2.01. The lowest BCUT2D eigenvalue weighted by atomic mass is 10.1. The Kier molecular flexibility index (Phi) is 5.74. The van der Waals surface area contributed by atoms with E-state index >= 15 is 0 Å². The molecule has 10 heteroatoms. The first kappa shape index (κ1) is 21.0. The maximum atomic E-state index is 14.4. The van der Waals surface area contributed by atoms with Crippen LogP contribution in [0, 0.1) is 46.5 Å².